The molecular weight excluding hydrogens is 228 g/mol. The molecule has 2 bridgehead atoms. The average molecular weight is 250 g/mol. The first kappa shape index (κ1) is 12.0. The minimum absolute atomic E-state index is 0.167. The lowest BCUT2D eigenvalue weighted by molar-refractivity contribution is -0.140. The first-order valence-electron chi connectivity index (χ1n) is 7.12. The minimum atomic E-state index is -0.167. The molecule has 4 nitrogen and oxygen atoms in total. The van der Waals surface area contributed by atoms with Gasteiger partial charge < -0.3 is 15.4 Å². The van der Waals surface area contributed by atoms with Crippen molar-refractivity contribution >= 4 is 5.97 Å². The van der Waals surface area contributed by atoms with Crippen molar-refractivity contribution in [2.75, 3.05) is 19.7 Å². The monoisotopic (exact) mass is 250 g/mol. The number of carbonyl (C=O) groups is 1. The van der Waals surface area contributed by atoms with Crippen molar-refractivity contribution in [1.29, 1.82) is 0 Å². The van der Waals surface area contributed by atoms with Crippen LogP contribution in [0.5, 0.6) is 0 Å². The standard InChI is InChI=1S/C14H22N2O2/c1-2-18-14(17)12-8-11-9-3-4-10(7-9)13(11)16(12)6-5-15/h8-11,13H,2-7,15H2,1H3. The van der Waals surface area contributed by atoms with Crippen LogP contribution in [-0.2, 0) is 9.53 Å². The summed E-state index contributed by atoms with van der Waals surface area (Å²) in [6, 6.07) is 0.520. The summed E-state index contributed by atoms with van der Waals surface area (Å²) in [5.41, 5.74) is 6.48. The lowest BCUT2D eigenvalue weighted by atomic mass is 9.86. The van der Waals surface area contributed by atoms with E-state index in [9.17, 15) is 4.79 Å². The molecule has 2 fully saturated rings. The van der Waals surface area contributed by atoms with Gasteiger partial charge in [-0.25, -0.2) is 4.79 Å². The van der Waals surface area contributed by atoms with Crippen molar-refractivity contribution in [1.82, 2.24) is 4.90 Å². The van der Waals surface area contributed by atoms with E-state index in [0.717, 1.165) is 24.1 Å². The third-order valence-corrected chi connectivity index (χ3v) is 4.81. The maximum absolute atomic E-state index is 12.0. The first-order chi connectivity index (χ1) is 8.76. The molecule has 0 aromatic heterocycles. The highest BCUT2D eigenvalue weighted by atomic mass is 16.5. The molecule has 0 aromatic rings. The largest absolute Gasteiger partial charge is 0.461 e. The quantitative estimate of drug-likeness (QED) is 0.760. The van der Waals surface area contributed by atoms with Crippen LogP contribution in [0.1, 0.15) is 26.2 Å². The van der Waals surface area contributed by atoms with Crippen molar-refractivity contribution in [2.24, 2.45) is 23.5 Å². The molecule has 100 valence electrons. The molecule has 0 spiro atoms. The van der Waals surface area contributed by atoms with E-state index in [0.29, 0.717) is 25.1 Å². The van der Waals surface area contributed by atoms with Crippen LogP contribution in [0.3, 0.4) is 0 Å². The van der Waals surface area contributed by atoms with Gasteiger partial charge in [-0.2, -0.15) is 0 Å². The Balaban J connectivity index is 1.84. The van der Waals surface area contributed by atoms with Crippen LogP contribution in [0.2, 0.25) is 0 Å². The molecule has 2 N–H and O–H groups in total. The van der Waals surface area contributed by atoms with Crippen LogP contribution in [-0.4, -0.2) is 36.6 Å². The Labute approximate surface area is 108 Å². The van der Waals surface area contributed by atoms with Gasteiger partial charge in [-0.1, -0.05) is 0 Å². The molecule has 0 amide bonds. The van der Waals surface area contributed by atoms with Gasteiger partial charge in [-0.3, -0.25) is 0 Å². The van der Waals surface area contributed by atoms with Crippen molar-refractivity contribution in [3.63, 3.8) is 0 Å². The maximum Gasteiger partial charge on any atom is 0.354 e. The summed E-state index contributed by atoms with van der Waals surface area (Å²) in [7, 11) is 0. The Kier molecular flexibility index (Phi) is 3.06. The van der Waals surface area contributed by atoms with E-state index in [1.807, 2.05) is 6.92 Å². The average Bonchev–Trinajstić information content (AvgIpc) is 3.01. The number of hydrogen-bond donors (Lipinski definition) is 1. The van der Waals surface area contributed by atoms with E-state index < -0.39 is 0 Å². The van der Waals surface area contributed by atoms with E-state index >= 15 is 0 Å². The Morgan fingerprint density at radius 3 is 3.00 bits per heavy atom. The predicted molar refractivity (Wildman–Crippen MR) is 68.6 cm³/mol. The fraction of sp³-hybridized carbons (Fsp3) is 0.786. The summed E-state index contributed by atoms with van der Waals surface area (Å²) in [6.45, 7) is 3.66. The summed E-state index contributed by atoms with van der Waals surface area (Å²) in [5, 5.41) is 0. The van der Waals surface area contributed by atoms with Gasteiger partial charge in [-0.15, -0.1) is 0 Å². The number of ether oxygens (including phenoxy) is 1. The normalized spacial score (nSPS) is 36.8. The second-order valence-electron chi connectivity index (χ2n) is 5.66. The summed E-state index contributed by atoms with van der Waals surface area (Å²) >= 11 is 0. The lowest BCUT2D eigenvalue weighted by Crippen LogP contribution is -2.42. The molecule has 0 radical (unpaired) electrons. The smallest absolute Gasteiger partial charge is 0.354 e. The third kappa shape index (κ3) is 1.66. The summed E-state index contributed by atoms with van der Waals surface area (Å²) < 4.78 is 5.17. The fourth-order valence-electron chi connectivity index (χ4n) is 4.24. The van der Waals surface area contributed by atoms with Crippen molar-refractivity contribution in [2.45, 2.75) is 32.2 Å². The highest BCUT2D eigenvalue weighted by Crippen LogP contribution is 2.54. The zero-order valence-corrected chi connectivity index (χ0v) is 11.0. The first-order valence-corrected chi connectivity index (χ1v) is 7.12. The molecule has 1 heterocycles. The molecule has 0 saturated heterocycles. The molecule has 0 aromatic carbocycles. The van der Waals surface area contributed by atoms with E-state index in [2.05, 4.69) is 11.0 Å². The molecular formula is C14H22N2O2. The molecule has 2 saturated carbocycles. The van der Waals surface area contributed by atoms with Gasteiger partial charge in [0.1, 0.15) is 5.70 Å². The van der Waals surface area contributed by atoms with E-state index in [4.69, 9.17) is 10.5 Å². The number of nitrogens with zero attached hydrogens (tertiary/aromatic N) is 1. The van der Waals surface area contributed by atoms with Crippen LogP contribution in [0.15, 0.2) is 11.8 Å². The number of nitrogens with two attached hydrogens (primary N) is 1. The SMILES string of the molecule is CCOC(=O)C1=CC2C3CCC(C3)C2N1CCN. The molecule has 2 aliphatic carbocycles. The Hall–Kier alpha value is -1.03. The van der Waals surface area contributed by atoms with Gasteiger partial charge in [0.25, 0.3) is 0 Å². The highest BCUT2D eigenvalue weighted by Gasteiger charge is 2.53. The molecule has 4 unspecified atom stereocenters. The van der Waals surface area contributed by atoms with E-state index in [1.54, 1.807) is 0 Å². The maximum atomic E-state index is 12.0. The van der Waals surface area contributed by atoms with Gasteiger partial charge in [0, 0.05) is 25.0 Å². The predicted octanol–water partition coefficient (Wildman–Crippen LogP) is 1.12. The molecule has 1 aliphatic heterocycles. The van der Waals surface area contributed by atoms with Gasteiger partial charge in [-0.05, 0) is 44.1 Å². The summed E-state index contributed by atoms with van der Waals surface area (Å²) in [6.07, 6.45) is 6.15. The number of hydrogen-bond acceptors (Lipinski definition) is 4. The highest BCUT2D eigenvalue weighted by molar-refractivity contribution is 5.88. The number of carbonyl (C=O) groups excluding carboxylic acids is 1. The molecule has 3 rings (SSSR count). The van der Waals surface area contributed by atoms with Crippen molar-refractivity contribution in [3.05, 3.63) is 11.8 Å². The van der Waals surface area contributed by atoms with Crippen LogP contribution < -0.4 is 5.73 Å². The zero-order chi connectivity index (χ0) is 12.7. The van der Waals surface area contributed by atoms with Gasteiger partial charge in [0.2, 0.25) is 0 Å². The second kappa shape index (κ2) is 4.57. The number of fused-ring (bicyclic) bond motifs is 5. The molecule has 4 atom stereocenters. The topological polar surface area (TPSA) is 55.6 Å². The van der Waals surface area contributed by atoms with Crippen LogP contribution in [0.4, 0.5) is 0 Å². The van der Waals surface area contributed by atoms with Crippen LogP contribution in [0.25, 0.3) is 0 Å². The van der Waals surface area contributed by atoms with Crippen molar-refractivity contribution < 1.29 is 9.53 Å². The van der Waals surface area contributed by atoms with Gasteiger partial charge in [0.15, 0.2) is 0 Å². The van der Waals surface area contributed by atoms with E-state index in [-0.39, 0.29) is 5.97 Å². The Bertz CT molecular complexity index is 380. The lowest BCUT2D eigenvalue weighted by Gasteiger charge is -2.34. The summed E-state index contributed by atoms with van der Waals surface area (Å²) in [5.74, 6) is 1.94. The van der Waals surface area contributed by atoms with Crippen LogP contribution >= 0.6 is 0 Å². The number of rotatable bonds is 4. The van der Waals surface area contributed by atoms with Crippen molar-refractivity contribution in [3.8, 4) is 0 Å². The van der Waals surface area contributed by atoms with Crippen LogP contribution in [0, 0.1) is 17.8 Å². The second-order valence-corrected chi connectivity index (χ2v) is 5.66. The van der Waals surface area contributed by atoms with E-state index in [1.165, 1.54) is 19.3 Å². The molecule has 18 heavy (non-hydrogen) atoms. The Morgan fingerprint density at radius 2 is 2.28 bits per heavy atom. The number of esters is 1. The summed E-state index contributed by atoms with van der Waals surface area (Å²) in [4.78, 5) is 14.3. The van der Waals surface area contributed by atoms with Gasteiger partial charge >= 0.3 is 5.97 Å². The fourth-order valence-corrected chi connectivity index (χ4v) is 4.24. The molecule has 4 heteroatoms. The third-order valence-electron chi connectivity index (χ3n) is 4.81. The molecule has 3 aliphatic rings. The van der Waals surface area contributed by atoms with Gasteiger partial charge in [0.05, 0.1) is 6.61 Å². The Morgan fingerprint density at radius 1 is 1.50 bits per heavy atom. The minimum Gasteiger partial charge on any atom is -0.461 e. The zero-order valence-electron chi connectivity index (χ0n) is 11.0.